The Morgan fingerprint density at radius 1 is 0.974 bits per heavy atom. The number of carbonyl (C=O) groups is 1. The van der Waals surface area contributed by atoms with E-state index in [4.69, 9.17) is 34.8 Å². The maximum Gasteiger partial charge on any atom is 0.264 e. The minimum atomic E-state index is -4.08. The van der Waals surface area contributed by atoms with Crippen molar-refractivity contribution in [2.75, 3.05) is 10.8 Å². The number of sulfonamides is 1. The molecule has 1 aromatic heterocycles. The third-order valence-electron chi connectivity index (χ3n) is 6.09. The molecule has 3 aromatic carbocycles. The minimum absolute atomic E-state index is 0.0489. The predicted octanol–water partition coefficient (Wildman–Crippen LogP) is 6.71. The van der Waals surface area contributed by atoms with E-state index in [1.165, 1.54) is 24.4 Å². The number of aryl methyl sites for hydroxylation is 2. The Bertz CT molecular complexity index is 1670. The largest absolute Gasteiger partial charge is 0.316 e. The van der Waals surface area contributed by atoms with Crippen molar-refractivity contribution in [2.24, 2.45) is 5.10 Å². The smallest absolute Gasteiger partial charge is 0.264 e. The number of anilines is 1. The Morgan fingerprint density at radius 2 is 1.69 bits per heavy atom. The van der Waals surface area contributed by atoms with Crippen LogP contribution >= 0.6 is 34.8 Å². The molecule has 4 aromatic rings. The molecule has 11 heteroatoms. The molecule has 0 fully saturated rings. The van der Waals surface area contributed by atoms with Gasteiger partial charge in [0.15, 0.2) is 0 Å². The fourth-order valence-corrected chi connectivity index (χ4v) is 6.21. The van der Waals surface area contributed by atoms with Crippen molar-refractivity contribution in [2.45, 2.75) is 25.7 Å². The number of nitrogens with zero attached hydrogens (tertiary/aromatic N) is 3. The van der Waals surface area contributed by atoms with E-state index in [0.717, 1.165) is 26.9 Å². The third kappa shape index (κ3) is 6.15. The Kier molecular flexibility index (Phi) is 8.71. The van der Waals surface area contributed by atoms with Crippen LogP contribution in [0, 0.1) is 20.8 Å². The van der Waals surface area contributed by atoms with Crippen LogP contribution in [0.25, 0.3) is 5.69 Å². The summed E-state index contributed by atoms with van der Waals surface area (Å²) in [4.78, 5) is 13.0. The number of hydrazone groups is 1. The first-order valence-electron chi connectivity index (χ1n) is 11.8. The van der Waals surface area contributed by atoms with Crippen molar-refractivity contribution in [1.29, 1.82) is 0 Å². The average molecular weight is 604 g/mol. The lowest BCUT2D eigenvalue weighted by molar-refractivity contribution is -0.119. The molecule has 1 heterocycles. The van der Waals surface area contributed by atoms with Crippen LogP contribution in [0.2, 0.25) is 15.1 Å². The lowest BCUT2D eigenvalue weighted by Gasteiger charge is -2.25. The van der Waals surface area contributed by atoms with E-state index in [0.29, 0.717) is 26.3 Å². The first kappa shape index (κ1) is 28.7. The van der Waals surface area contributed by atoms with Gasteiger partial charge in [-0.05, 0) is 68.8 Å². The van der Waals surface area contributed by atoms with Gasteiger partial charge in [0.2, 0.25) is 0 Å². The zero-order valence-corrected chi connectivity index (χ0v) is 24.4. The van der Waals surface area contributed by atoms with Gasteiger partial charge in [-0.1, -0.05) is 65.1 Å². The number of amides is 1. The van der Waals surface area contributed by atoms with Gasteiger partial charge >= 0.3 is 0 Å². The molecule has 0 radical (unpaired) electrons. The number of rotatable bonds is 8. The molecule has 39 heavy (non-hydrogen) atoms. The van der Waals surface area contributed by atoms with Gasteiger partial charge in [0.05, 0.1) is 32.5 Å². The zero-order chi connectivity index (χ0) is 28.3. The van der Waals surface area contributed by atoms with Gasteiger partial charge in [-0.2, -0.15) is 5.10 Å². The lowest BCUT2D eigenvalue weighted by Crippen LogP contribution is -2.40. The van der Waals surface area contributed by atoms with Crippen LogP contribution in [0.5, 0.6) is 0 Å². The summed E-state index contributed by atoms with van der Waals surface area (Å²) in [5.74, 6) is -0.628. The Labute approximate surface area is 242 Å². The van der Waals surface area contributed by atoms with Crippen LogP contribution in [0.1, 0.15) is 22.5 Å². The number of hydrogen-bond donors (Lipinski definition) is 1. The molecule has 0 atom stereocenters. The standard InChI is InChI=1S/C28H25Cl3N4O3S/c1-18-12-13-22(29)15-26(18)34(39(37,38)23-8-5-4-6-9-23)17-27(36)33-32-16-21-14-19(2)35(20(21)3)25-11-7-10-24(30)28(25)31/h4-16H,17H2,1-3H3,(H,33,36)/b32-16-. The topological polar surface area (TPSA) is 83.8 Å². The van der Waals surface area contributed by atoms with E-state index in [2.05, 4.69) is 10.5 Å². The maximum atomic E-state index is 13.5. The molecule has 0 unspecified atom stereocenters. The molecule has 0 bridgehead atoms. The molecule has 1 N–H and O–H groups in total. The summed E-state index contributed by atoms with van der Waals surface area (Å²) >= 11 is 18.8. The molecule has 0 aliphatic heterocycles. The van der Waals surface area contributed by atoms with E-state index in [9.17, 15) is 13.2 Å². The van der Waals surface area contributed by atoms with Gasteiger partial charge in [0.25, 0.3) is 15.9 Å². The normalized spacial score (nSPS) is 11.6. The lowest BCUT2D eigenvalue weighted by atomic mass is 10.2. The highest BCUT2D eigenvalue weighted by molar-refractivity contribution is 7.92. The number of aromatic nitrogens is 1. The number of hydrogen-bond acceptors (Lipinski definition) is 4. The van der Waals surface area contributed by atoms with Crippen LogP contribution in [0.15, 0.2) is 82.8 Å². The van der Waals surface area contributed by atoms with Crippen molar-refractivity contribution >= 4 is 62.6 Å². The van der Waals surface area contributed by atoms with Crippen LogP contribution in [0.4, 0.5) is 5.69 Å². The first-order chi connectivity index (χ1) is 18.5. The Balaban J connectivity index is 1.59. The molecule has 0 aliphatic carbocycles. The second-order valence-electron chi connectivity index (χ2n) is 8.78. The van der Waals surface area contributed by atoms with E-state index in [-0.39, 0.29) is 4.90 Å². The molecule has 202 valence electrons. The molecule has 0 saturated heterocycles. The van der Waals surface area contributed by atoms with Crippen LogP contribution < -0.4 is 9.73 Å². The van der Waals surface area contributed by atoms with Crippen molar-refractivity contribution in [3.63, 3.8) is 0 Å². The Hall–Kier alpha value is -3.30. The molecule has 1 amide bonds. The first-order valence-corrected chi connectivity index (χ1v) is 14.4. The molecule has 0 spiro atoms. The van der Waals surface area contributed by atoms with Crippen molar-refractivity contribution in [3.05, 3.63) is 110 Å². The fourth-order valence-electron chi connectivity index (χ4n) is 4.16. The predicted molar refractivity (Wildman–Crippen MR) is 158 cm³/mol. The molecule has 0 saturated carbocycles. The van der Waals surface area contributed by atoms with Crippen molar-refractivity contribution < 1.29 is 13.2 Å². The van der Waals surface area contributed by atoms with Gasteiger partial charge in [0.1, 0.15) is 6.54 Å². The third-order valence-corrected chi connectivity index (χ3v) is 8.91. The summed E-state index contributed by atoms with van der Waals surface area (Å²) in [5.41, 5.74) is 6.56. The highest BCUT2D eigenvalue weighted by Gasteiger charge is 2.28. The highest BCUT2D eigenvalue weighted by atomic mass is 35.5. The van der Waals surface area contributed by atoms with Crippen molar-refractivity contribution in [1.82, 2.24) is 9.99 Å². The SMILES string of the molecule is Cc1ccc(Cl)cc1N(CC(=O)N/N=C\c1cc(C)n(-c2cccc(Cl)c2Cl)c1C)S(=O)(=O)c1ccccc1. The highest BCUT2D eigenvalue weighted by Crippen LogP contribution is 2.32. The average Bonchev–Trinajstić information content (AvgIpc) is 3.18. The van der Waals surface area contributed by atoms with E-state index < -0.39 is 22.5 Å². The molecular formula is C28H25Cl3N4O3S. The van der Waals surface area contributed by atoms with Crippen LogP contribution in [0.3, 0.4) is 0 Å². The van der Waals surface area contributed by atoms with Gasteiger partial charge in [0, 0.05) is 22.0 Å². The molecular weight excluding hydrogens is 579 g/mol. The summed E-state index contributed by atoms with van der Waals surface area (Å²) < 4.78 is 30.0. The summed E-state index contributed by atoms with van der Waals surface area (Å²) in [7, 11) is -4.08. The fraction of sp³-hybridized carbons (Fsp3) is 0.143. The maximum absolute atomic E-state index is 13.5. The second-order valence-corrected chi connectivity index (χ2v) is 11.9. The molecule has 7 nitrogen and oxygen atoms in total. The van der Waals surface area contributed by atoms with Crippen LogP contribution in [-0.2, 0) is 14.8 Å². The summed E-state index contributed by atoms with van der Waals surface area (Å²) in [6.45, 7) is 5.05. The summed E-state index contributed by atoms with van der Waals surface area (Å²) in [6.07, 6.45) is 1.50. The van der Waals surface area contributed by atoms with Crippen molar-refractivity contribution in [3.8, 4) is 5.69 Å². The number of benzene rings is 3. The number of carbonyl (C=O) groups excluding carboxylic acids is 1. The van der Waals surface area contributed by atoms with E-state index >= 15 is 0 Å². The van der Waals surface area contributed by atoms with E-state index in [1.54, 1.807) is 43.3 Å². The quantitative estimate of drug-likeness (QED) is 0.180. The number of halogens is 3. The summed E-state index contributed by atoms with van der Waals surface area (Å²) in [5, 5.41) is 5.30. The number of nitrogens with one attached hydrogen (secondary N) is 1. The van der Waals surface area contributed by atoms with Gasteiger partial charge in [-0.3, -0.25) is 9.10 Å². The minimum Gasteiger partial charge on any atom is -0.316 e. The summed E-state index contributed by atoms with van der Waals surface area (Å²) in [6, 6.07) is 20.0. The molecule has 0 aliphatic rings. The molecule has 4 rings (SSSR count). The van der Waals surface area contributed by atoms with Gasteiger partial charge < -0.3 is 4.57 Å². The van der Waals surface area contributed by atoms with Gasteiger partial charge in [-0.25, -0.2) is 13.8 Å². The zero-order valence-electron chi connectivity index (χ0n) is 21.3. The second kappa shape index (κ2) is 11.8. The van der Waals surface area contributed by atoms with Crippen LogP contribution in [-0.4, -0.2) is 31.7 Å². The van der Waals surface area contributed by atoms with E-state index in [1.807, 2.05) is 36.6 Å². The Morgan fingerprint density at radius 3 is 2.41 bits per heavy atom. The van der Waals surface area contributed by atoms with Gasteiger partial charge in [-0.15, -0.1) is 0 Å². The monoisotopic (exact) mass is 602 g/mol.